The van der Waals surface area contributed by atoms with E-state index in [9.17, 15) is 0 Å². The molecule has 5 heteroatoms. The molecule has 0 spiro atoms. The Morgan fingerprint density at radius 1 is 1.29 bits per heavy atom. The topological polar surface area (TPSA) is 55.2 Å². The number of aromatic nitrogens is 2. The van der Waals surface area contributed by atoms with E-state index in [1.807, 2.05) is 13.0 Å². The molecule has 0 fully saturated rings. The molecule has 0 aliphatic rings. The van der Waals surface area contributed by atoms with Crippen molar-refractivity contribution in [2.24, 2.45) is 0 Å². The van der Waals surface area contributed by atoms with Crippen molar-refractivity contribution in [2.45, 2.75) is 13.5 Å². The summed E-state index contributed by atoms with van der Waals surface area (Å²) in [5, 5.41) is 9.45. The molecule has 2 aromatic heterocycles. The summed E-state index contributed by atoms with van der Waals surface area (Å²) in [6, 6.07) is 6.92. The summed E-state index contributed by atoms with van der Waals surface area (Å²) < 4.78 is 5.49. The molecule has 17 heavy (non-hydrogen) atoms. The van der Waals surface area contributed by atoms with E-state index in [1.54, 1.807) is 24.4 Å². The molecule has 2 heterocycles. The maximum absolute atomic E-state index is 9.03. The van der Waals surface area contributed by atoms with Gasteiger partial charge in [-0.25, -0.2) is 4.98 Å². The van der Waals surface area contributed by atoms with Gasteiger partial charge in [0.2, 0.25) is 5.88 Å². The molecule has 88 valence electrons. The van der Waals surface area contributed by atoms with Gasteiger partial charge in [-0.2, -0.15) is 0 Å². The molecule has 4 nitrogen and oxygen atoms in total. The largest absolute Gasteiger partial charge is 0.437 e. The summed E-state index contributed by atoms with van der Waals surface area (Å²) in [7, 11) is 0. The van der Waals surface area contributed by atoms with Crippen LogP contribution in [0.15, 0.2) is 30.5 Å². The Labute approximate surface area is 104 Å². The van der Waals surface area contributed by atoms with Gasteiger partial charge in [0.1, 0.15) is 5.75 Å². The number of aliphatic hydroxyl groups is 1. The third-order valence-electron chi connectivity index (χ3n) is 2.15. The Morgan fingerprint density at radius 3 is 2.76 bits per heavy atom. The minimum absolute atomic E-state index is 0.220. The number of pyridine rings is 2. The van der Waals surface area contributed by atoms with Crippen molar-refractivity contribution < 1.29 is 9.84 Å². The zero-order valence-electron chi connectivity index (χ0n) is 9.22. The summed E-state index contributed by atoms with van der Waals surface area (Å²) in [5.74, 6) is 0.971. The number of hydrogen-bond donors (Lipinski definition) is 1. The van der Waals surface area contributed by atoms with E-state index in [2.05, 4.69) is 9.97 Å². The van der Waals surface area contributed by atoms with Crippen LogP contribution in [0.2, 0.25) is 5.02 Å². The minimum Gasteiger partial charge on any atom is -0.437 e. The Morgan fingerprint density at radius 2 is 2.12 bits per heavy atom. The third-order valence-corrected chi connectivity index (χ3v) is 2.49. The van der Waals surface area contributed by atoms with E-state index in [4.69, 9.17) is 21.4 Å². The smallest absolute Gasteiger partial charge is 0.219 e. The molecular formula is C12H11ClN2O2. The van der Waals surface area contributed by atoms with Gasteiger partial charge in [-0.15, -0.1) is 0 Å². The van der Waals surface area contributed by atoms with Gasteiger partial charge >= 0.3 is 0 Å². The number of nitrogens with zero attached hydrogens (tertiary/aromatic N) is 2. The zero-order chi connectivity index (χ0) is 12.3. The SMILES string of the molecule is Cc1ccc(Oc2ccc(Cl)c(CO)n2)cn1. The number of rotatable bonds is 3. The first-order chi connectivity index (χ1) is 8.19. The van der Waals surface area contributed by atoms with Gasteiger partial charge in [0.15, 0.2) is 0 Å². The number of aryl methyl sites for hydroxylation is 1. The molecule has 0 amide bonds. The number of aliphatic hydroxyl groups excluding tert-OH is 1. The second-order valence-corrected chi connectivity index (χ2v) is 3.88. The predicted octanol–water partition coefficient (Wildman–Crippen LogP) is 2.72. The first kappa shape index (κ1) is 11.8. The highest BCUT2D eigenvalue weighted by Gasteiger charge is 2.04. The molecule has 0 atom stereocenters. The highest BCUT2D eigenvalue weighted by molar-refractivity contribution is 6.31. The fourth-order valence-corrected chi connectivity index (χ4v) is 1.43. The van der Waals surface area contributed by atoms with E-state index in [0.29, 0.717) is 22.3 Å². The number of halogens is 1. The van der Waals surface area contributed by atoms with Crippen molar-refractivity contribution in [3.63, 3.8) is 0 Å². The lowest BCUT2D eigenvalue weighted by molar-refractivity contribution is 0.275. The molecule has 0 bridgehead atoms. The molecule has 2 aromatic rings. The quantitative estimate of drug-likeness (QED) is 0.910. The van der Waals surface area contributed by atoms with Crippen molar-refractivity contribution in [1.82, 2.24) is 9.97 Å². The van der Waals surface area contributed by atoms with Crippen LogP contribution in [0.5, 0.6) is 11.6 Å². The van der Waals surface area contributed by atoms with Crippen LogP contribution in [0, 0.1) is 6.92 Å². The molecule has 0 unspecified atom stereocenters. The summed E-state index contributed by atoms with van der Waals surface area (Å²) in [6.45, 7) is 1.68. The third kappa shape index (κ3) is 2.93. The lowest BCUT2D eigenvalue weighted by Gasteiger charge is -2.06. The Balaban J connectivity index is 2.21. The fourth-order valence-electron chi connectivity index (χ4n) is 1.27. The van der Waals surface area contributed by atoms with E-state index in [0.717, 1.165) is 5.69 Å². The fraction of sp³-hybridized carbons (Fsp3) is 0.167. The average molecular weight is 251 g/mol. The van der Waals surface area contributed by atoms with Crippen LogP contribution in [0.4, 0.5) is 0 Å². The molecule has 0 saturated heterocycles. The van der Waals surface area contributed by atoms with Crippen LogP contribution >= 0.6 is 11.6 Å². The van der Waals surface area contributed by atoms with Gasteiger partial charge in [0.05, 0.1) is 23.5 Å². The van der Waals surface area contributed by atoms with Crippen LogP contribution in [-0.2, 0) is 6.61 Å². The molecule has 2 rings (SSSR count). The van der Waals surface area contributed by atoms with E-state index in [1.165, 1.54) is 0 Å². The van der Waals surface area contributed by atoms with Gasteiger partial charge in [-0.3, -0.25) is 4.98 Å². The van der Waals surface area contributed by atoms with Crippen molar-refractivity contribution in [2.75, 3.05) is 0 Å². The molecule has 0 aliphatic heterocycles. The molecule has 0 radical (unpaired) electrons. The Hall–Kier alpha value is -1.65. The van der Waals surface area contributed by atoms with Gasteiger partial charge in [-0.05, 0) is 25.1 Å². The molecule has 0 aliphatic carbocycles. The Bertz CT molecular complexity index is 514. The van der Waals surface area contributed by atoms with E-state index < -0.39 is 0 Å². The second kappa shape index (κ2) is 5.12. The summed E-state index contributed by atoms with van der Waals surface area (Å²) in [6.07, 6.45) is 1.62. The number of ether oxygens (including phenoxy) is 1. The molecule has 1 N–H and O–H groups in total. The maximum atomic E-state index is 9.03. The number of hydrogen-bond acceptors (Lipinski definition) is 4. The van der Waals surface area contributed by atoms with Crippen LogP contribution in [-0.4, -0.2) is 15.1 Å². The molecular weight excluding hydrogens is 240 g/mol. The summed E-state index contributed by atoms with van der Waals surface area (Å²) in [5.41, 5.74) is 1.31. The standard InChI is InChI=1S/C12H11ClN2O2/c1-8-2-3-9(6-14-8)17-12-5-4-10(13)11(7-16)15-12/h2-6,16H,7H2,1H3. The van der Waals surface area contributed by atoms with E-state index in [-0.39, 0.29) is 6.61 Å². The van der Waals surface area contributed by atoms with Crippen molar-refractivity contribution in [1.29, 1.82) is 0 Å². The normalized spacial score (nSPS) is 10.3. The lowest BCUT2D eigenvalue weighted by Crippen LogP contribution is -1.94. The van der Waals surface area contributed by atoms with Crippen molar-refractivity contribution in [3.8, 4) is 11.6 Å². The minimum atomic E-state index is -0.220. The van der Waals surface area contributed by atoms with Crippen LogP contribution in [0.25, 0.3) is 0 Å². The Kier molecular flexibility index (Phi) is 3.56. The monoisotopic (exact) mass is 250 g/mol. The molecule has 0 saturated carbocycles. The van der Waals surface area contributed by atoms with Crippen molar-refractivity contribution >= 4 is 11.6 Å². The van der Waals surface area contributed by atoms with Gasteiger partial charge in [-0.1, -0.05) is 11.6 Å². The van der Waals surface area contributed by atoms with Gasteiger partial charge in [0, 0.05) is 11.8 Å². The maximum Gasteiger partial charge on any atom is 0.219 e. The summed E-state index contributed by atoms with van der Waals surface area (Å²) >= 11 is 5.83. The highest BCUT2D eigenvalue weighted by atomic mass is 35.5. The summed E-state index contributed by atoms with van der Waals surface area (Å²) in [4.78, 5) is 8.18. The molecule has 0 aromatic carbocycles. The van der Waals surface area contributed by atoms with Gasteiger partial charge in [0.25, 0.3) is 0 Å². The van der Waals surface area contributed by atoms with Gasteiger partial charge < -0.3 is 9.84 Å². The van der Waals surface area contributed by atoms with Crippen LogP contribution in [0.3, 0.4) is 0 Å². The highest BCUT2D eigenvalue weighted by Crippen LogP contribution is 2.22. The average Bonchev–Trinajstić information content (AvgIpc) is 2.34. The van der Waals surface area contributed by atoms with Crippen LogP contribution in [0.1, 0.15) is 11.4 Å². The predicted molar refractivity (Wildman–Crippen MR) is 64.2 cm³/mol. The van der Waals surface area contributed by atoms with Crippen LogP contribution < -0.4 is 4.74 Å². The zero-order valence-corrected chi connectivity index (χ0v) is 9.98. The second-order valence-electron chi connectivity index (χ2n) is 3.47. The van der Waals surface area contributed by atoms with E-state index >= 15 is 0 Å². The first-order valence-corrected chi connectivity index (χ1v) is 5.43. The van der Waals surface area contributed by atoms with Crippen molar-refractivity contribution in [3.05, 3.63) is 46.9 Å². The lowest BCUT2D eigenvalue weighted by atomic mass is 10.3. The first-order valence-electron chi connectivity index (χ1n) is 5.06.